The van der Waals surface area contributed by atoms with Crippen LogP contribution in [0.4, 0.5) is 0 Å². The lowest BCUT2D eigenvalue weighted by Crippen LogP contribution is -2.46. The molecule has 104 valence electrons. The zero-order chi connectivity index (χ0) is 13.5. The highest BCUT2D eigenvalue weighted by atomic mass is 16.3. The van der Waals surface area contributed by atoms with Crippen LogP contribution in [0, 0.1) is 0 Å². The third kappa shape index (κ3) is 1.85. The third-order valence-electron chi connectivity index (χ3n) is 4.59. The molecular formula is C15H18N4O. The number of fused-ring (bicyclic) bond motifs is 2. The van der Waals surface area contributed by atoms with E-state index >= 15 is 0 Å². The summed E-state index contributed by atoms with van der Waals surface area (Å²) in [7, 11) is 0. The van der Waals surface area contributed by atoms with Crippen molar-refractivity contribution in [2.45, 2.75) is 38.1 Å². The summed E-state index contributed by atoms with van der Waals surface area (Å²) < 4.78 is 2.10. The molecule has 0 fully saturated rings. The van der Waals surface area contributed by atoms with Crippen molar-refractivity contribution in [3.8, 4) is 0 Å². The quantitative estimate of drug-likeness (QED) is 0.844. The summed E-state index contributed by atoms with van der Waals surface area (Å²) in [5.74, 6) is 1.00. The number of hydrogen-bond donors (Lipinski definition) is 1. The Morgan fingerprint density at radius 1 is 1.20 bits per heavy atom. The lowest BCUT2D eigenvalue weighted by molar-refractivity contribution is 0.0208. The Bertz CT molecular complexity index is 624. The van der Waals surface area contributed by atoms with E-state index in [2.05, 4.69) is 37.9 Å². The van der Waals surface area contributed by atoms with Crippen molar-refractivity contribution < 1.29 is 5.11 Å². The highest BCUT2D eigenvalue weighted by Gasteiger charge is 2.34. The number of hydrogen-bond acceptors (Lipinski definition) is 4. The van der Waals surface area contributed by atoms with Gasteiger partial charge in [-0.3, -0.25) is 4.90 Å². The van der Waals surface area contributed by atoms with Gasteiger partial charge in [-0.15, -0.1) is 10.2 Å². The van der Waals surface area contributed by atoms with Crippen molar-refractivity contribution in [2.24, 2.45) is 0 Å². The molecule has 2 atom stereocenters. The molecule has 0 amide bonds. The number of aromatic nitrogens is 3. The van der Waals surface area contributed by atoms with Crippen LogP contribution < -0.4 is 0 Å². The fourth-order valence-corrected chi connectivity index (χ4v) is 3.47. The summed E-state index contributed by atoms with van der Waals surface area (Å²) in [4.78, 5) is 2.35. The van der Waals surface area contributed by atoms with Crippen LogP contribution in [-0.4, -0.2) is 37.4 Å². The zero-order valence-electron chi connectivity index (χ0n) is 11.3. The molecule has 4 rings (SSSR count). The first-order chi connectivity index (χ1) is 9.83. The van der Waals surface area contributed by atoms with Crippen LogP contribution in [0.25, 0.3) is 0 Å². The Morgan fingerprint density at radius 3 is 3.05 bits per heavy atom. The van der Waals surface area contributed by atoms with E-state index < -0.39 is 6.10 Å². The Hall–Kier alpha value is -1.72. The lowest BCUT2D eigenvalue weighted by atomic mass is 9.85. The molecular weight excluding hydrogens is 252 g/mol. The van der Waals surface area contributed by atoms with Crippen LogP contribution in [0.15, 0.2) is 30.6 Å². The summed E-state index contributed by atoms with van der Waals surface area (Å²) in [5, 5.41) is 18.8. The summed E-state index contributed by atoms with van der Waals surface area (Å²) in [6, 6.07) is 8.43. The topological polar surface area (TPSA) is 54.2 Å². The van der Waals surface area contributed by atoms with Gasteiger partial charge in [-0.1, -0.05) is 24.3 Å². The lowest BCUT2D eigenvalue weighted by Gasteiger charge is -2.40. The normalized spacial score (nSPS) is 26.1. The average molecular weight is 270 g/mol. The van der Waals surface area contributed by atoms with Gasteiger partial charge >= 0.3 is 0 Å². The molecule has 2 aliphatic rings. The largest absolute Gasteiger partial charge is 0.387 e. The minimum absolute atomic E-state index is 0.190. The summed E-state index contributed by atoms with van der Waals surface area (Å²) in [6.07, 6.45) is 3.45. The Labute approximate surface area is 117 Å². The maximum Gasteiger partial charge on any atom is 0.147 e. The fourth-order valence-electron chi connectivity index (χ4n) is 3.47. The highest BCUT2D eigenvalue weighted by molar-refractivity contribution is 5.32. The zero-order valence-corrected chi connectivity index (χ0v) is 11.3. The minimum Gasteiger partial charge on any atom is -0.387 e. The number of aliphatic hydroxyl groups is 1. The van der Waals surface area contributed by atoms with E-state index in [1.807, 2.05) is 6.07 Å². The Kier molecular flexibility index (Phi) is 2.82. The monoisotopic (exact) mass is 270 g/mol. The van der Waals surface area contributed by atoms with Crippen molar-refractivity contribution in [2.75, 3.05) is 6.54 Å². The number of benzene rings is 1. The Balaban J connectivity index is 1.59. The summed E-state index contributed by atoms with van der Waals surface area (Å²) in [6.45, 7) is 2.64. The van der Waals surface area contributed by atoms with E-state index in [1.54, 1.807) is 6.33 Å². The maximum atomic E-state index is 10.7. The Morgan fingerprint density at radius 2 is 2.10 bits per heavy atom. The molecule has 1 aromatic carbocycles. The van der Waals surface area contributed by atoms with E-state index in [1.165, 1.54) is 5.56 Å². The van der Waals surface area contributed by atoms with Gasteiger partial charge in [0.1, 0.15) is 12.2 Å². The summed E-state index contributed by atoms with van der Waals surface area (Å²) >= 11 is 0. The molecule has 1 aromatic heterocycles. The molecule has 2 heterocycles. The van der Waals surface area contributed by atoms with Gasteiger partial charge < -0.3 is 9.67 Å². The molecule has 0 saturated carbocycles. The molecule has 1 N–H and O–H groups in total. The average Bonchev–Trinajstić information content (AvgIpc) is 2.95. The molecule has 0 radical (unpaired) electrons. The molecule has 0 spiro atoms. The van der Waals surface area contributed by atoms with Gasteiger partial charge in [0, 0.05) is 19.1 Å². The molecule has 2 unspecified atom stereocenters. The smallest absolute Gasteiger partial charge is 0.147 e. The second-order valence-corrected chi connectivity index (χ2v) is 5.66. The van der Waals surface area contributed by atoms with Gasteiger partial charge in [-0.25, -0.2) is 0 Å². The van der Waals surface area contributed by atoms with Crippen LogP contribution in [0.3, 0.4) is 0 Å². The molecule has 5 heteroatoms. The van der Waals surface area contributed by atoms with Crippen LogP contribution in [0.5, 0.6) is 0 Å². The van der Waals surface area contributed by atoms with Gasteiger partial charge in [0.2, 0.25) is 0 Å². The van der Waals surface area contributed by atoms with Gasteiger partial charge in [-0.2, -0.15) is 0 Å². The second kappa shape index (κ2) is 4.68. The van der Waals surface area contributed by atoms with Crippen LogP contribution in [0.2, 0.25) is 0 Å². The molecule has 1 aliphatic carbocycles. The van der Waals surface area contributed by atoms with Crippen LogP contribution >= 0.6 is 0 Å². The first-order valence-electron chi connectivity index (χ1n) is 7.19. The molecule has 20 heavy (non-hydrogen) atoms. The third-order valence-corrected chi connectivity index (χ3v) is 4.59. The fraction of sp³-hybridized carbons (Fsp3) is 0.467. The molecule has 0 bridgehead atoms. The van der Waals surface area contributed by atoms with E-state index in [0.29, 0.717) is 0 Å². The number of aliphatic hydroxyl groups excluding tert-OH is 1. The van der Waals surface area contributed by atoms with Crippen LogP contribution in [-0.2, 0) is 19.5 Å². The standard InChI is InChI=1S/C15H18N4O/c20-15-12-4-2-1-3-11(12)5-6-13(15)18-7-8-19-10-16-17-14(19)9-18/h1-4,10,13,15,20H,5-9H2. The van der Waals surface area contributed by atoms with E-state index in [-0.39, 0.29) is 6.04 Å². The molecule has 1 aliphatic heterocycles. The van der Waals surface area contributed by atoms with Gasteiger partial charge in [0.05, 0.1) is 12.6 Å². The molecule has 5 nitrogen and oxygen atoms in total. The number of nitrogens with zero attached hydrogens (tertiary/aromatic N) is 4. The number of rotatable bonds is 1. The van der Waals surface area contributed by atoms with Crippen LogP contribution in [0.1, 0.15) is 29.5 Å². The van der Waals surface area contributed by atoms with Crippen molar-refractivity contribution in [1.29, 1.82) is 0 Å². The second-order valence-electron chi connectivity index (χ2n) is 5.66. The van der Waals surface area contributed by atoms with E-state index in [4.69, 9.17) is 0 Å². The van der Waals surface area contributed by atoms with Crippen molar-refractivity contribution in [1.82, 2.24) is 19.7 Å². The molecule has 2 aromatic rings. The highest BCUT2D eigenvalue weighted by Crippen LogP contribution is 2.34. The maximum absolute atomic E-state index is 10.7. The van der Waals surface area contributed by atoms with E-state index in [0.717, 1.165) is 43.9 Å². The number of aryl methyl sites for hydroxylation is 1. The van der Waals surface area contributed by atoms with Gasteiger partial charge in [0.15, 0.2) is 0 Å². The minimum atomic E-state index is -0.394. The van der Waals surface area contributed by atoms with Gasteiger partial charge in [0.25, 0.3) is 0 Å². The van der Waals surface area contributed by atoms with Gasteiger partial charge in [-0.05, 0) is 24.0 Å². The summed E-state index contributed by atoms with van der Waals surface area (Å²) in [5.41, 5.74) is 2.38. The van der Waals surface area contributed by atoms with Crippen molar-refractivity contribution in [3.05, 3.63) is 47.5 Å². The first-order valence-corrected chi connectivity index (χ1v) is 7.19. The van der Waals surface area contributed by atoms with E-state index in [9.17, 15) is 5.11 Å². The predicted octanol–water partition coefficient (Wildman–Crippen LogP) is 1.14. The molecule has 0 saturated heterocycles. The van der Waals surface area contributed by atoms with Crippen molar-refractivity contribution >= 4 is 0 Å². The SMILES string of the molecule is OC1c2ccccc2CCC1N1CCn2cnnc2C1. The first kappa shape index (κ1) is 12.1. The predicted molar refractivity (Wildman–Crippen MR) is 73.9 cm³/mol. The van der Waals surface area contributed by atoms with Crippen molar-refractivity contribution in [3.63, 3.8) is 0 Å².